The van der Waals surface area contributed by atoms with Crippen LogP contribution in [0.3, 0.4) is 0 Å². The predicted octanol–water partition coefficient (Wildman–Crippen LogP) is 3.42. The van der Waals surface area contributed by atoms with Gasteiger partial charge in [-0.1, -0.05) is 24.3 Å². The van der Waals surface area contributed by atoms with E-state index in [-0.39, 0.29) is 0 Å². The Hall–Kier alpha value is -2.09. The molecule has 1 N–H and O–H groups in total. The molecule has 17 heavy (non-hydrogen) atoms. The quantitative estimate of drug-likeness (QED) is 0.808. The Bertz CT molecular complexity index is 503. The van der Waals surface area contributed by atoms with Crippen molar-refractivity contribution in [1.82, 2.24) is 0 Å². The van der Waals surface area contributed by atoms with Crippen molar-refractivity contribution in [2.45, 2.75) is 13.5 Å². The van der Waals surface area contributed by atoms with E-state index in [0.717, 1.165) is 18.5 Å². The molecule has 0 saturated carbocycles. The van der Waals surface area contributed by atoms with E-state index in [2.05, 4.69) is 24.4 Å². The predicted molar refractivity (Wildman–Crippen MR) is 70.3 cm³/mol. The second-order valence-electron chi connectivity index (χ2n) is 4.02. The first-order valence-electron chi connectivity index (χ1n) is 5.63. The Kier molecular flexibility index (Phi) is 3.55. The van der Waals surface area contributed by atoms with E-state index in [9.17, 15) is 4.79 Å². The van der Waals surface area contributed by atoms with Crippen LogP contribution >= 0.6 is 0 Å². The molecule has 2 aromatic rings. The summed E-state index contributed by atoms with van der Waals surface area (Å²) in [7, 11) is 0. The van der Waals surface area contributed by atoms with E-state index in [1.54, 1.807) is 0 Å². The van der Waals surface area contributed by atoms with Gasteiger partial charge >= 0.3 is 0 Å². The lowest BCUT2D eigenvalue weighted by Crippen LogP contribution is -2.00. The minimum Gasteiger partial charge on any atom is -0.381 e. The summed E-state index contributed by atoms with van der Waals surface area (Å²) in [6.07, 6.45) is 0.852. The minimum absolute atomic E-state index is 0.700. The van der Waals surface area contributed by atoms with E-state index in [1.165, 1.54) is 11.1 Å². The van der Waals surface area contributed by atoms with Crippen molar-refractivity contribution in [1.29, 1.82) is 0 Å². The molecule has 2 nitrogen and oxygen atoms in total. The second-order valence-corrected chi connectivity index (χ2v) is 4.02. The van der Waals surface area contributed by atoms with Crippen LogP contribution in [-0.2, 0) is 6.54 Å². The molecular formula is C15H15NO. The Labute approximate surface area is 101 Å². The monoisotopic (exact) mass is 225 g/mol. The van der Waals surface area contributed by atoms with Crippen LogP contribution in [0.4, 0.5) is 5.69 Å². The van der Waals surface area contributed by atoms with Crippen LogP contribution in [0, 0.1) is 6.92 Å². The summed E-state index contributed by atoms with van der Waals surface area (Å²) < 4.78 is 0. The molecule has 0 fully saturated rings. The van der Waals surface area contributed by atoms with Gasteiger partial charge in [0.2, 0.25) is 0 Å². The Balaban J connectivity index is 2.02. The molecule has 0 unspecified atom stereocenters. The Morgan fingerprint density at radius 3 is 2.41 bits per heavy atom. The fourth-order valence-electron chi connectivity index (χ4n) is 1.69. The highest BCUT2D eigenvalue weighted by Crippen LogP contribution is 2.12. The highest BCUT2D eigenvalue weighted by Gasteiger charge is 1.97. The third kappa shape index (κ3) is 2.94. The van der Waals surface area contributed by atoms with Gasteiger partial charge in [0.25, 0.3) is 0 Å². The Morgan fingerprint density at radius 1 is 1.06 bits per heavy atom. The van der Waals surface area contributed by atoms with Crippen molar-refractivity contribution in [3.63, 3.8) is 0 Å². The largest absolute Gasteiger partial charge is 0.381 e. The highest BCUT2D eigenvalue weighted by atomic mass is 16.1. The van der Waals surface area contributed by atoms with Gasteiger partial charge in [-0.3, -0.25) is 4.79 Å². The topological polar surface area (TPSA) is 29.1 Å². The fourth-order valence-corrected chi connectivity index (χ4v) is 1.69. The van der Waals surface area contributed by atoms with Gasteiger partial charge in [-0.05, 0) is 42.3 Å². The maximum Gasteiger partial charge on any atom is 0.150 e. The van der Waals surface area contributed by atoms with E-state index < -0.39 is 0 Å². The van der Waals surface area contributed by atoms with Crippen molar-refractivity contribution < 1.29 is 4.79 Å². The van der Waals surface area contributed by atoms with E-state index in [4.69, 9.17) is 0 Å². The standard InChI is InChI=1S/C15H15NO/c1-12-4-2-3-5-14(12)10-16-15-8-6-13(11-17)7-9-15/h2-9,11,16H,10H2,1H3. The van der Waals surface area contributed by atoms with E-state index in [0.29, 0.717) is 5.56 Å². The van der Waals surface area contributed by atoms with Crippen LogP contribution in [0.15, 0.2) is 48.5 Å². The molecule has 0 atom stereocenters. The SMILES string of the molecule is Cc1ccccc1CNc1ccc(C=O)cc1. The minimum atomic E-state index is 0.700. The number of anilines is 1. The summed E-state index contributed by atoms with van der Waals surface area (Å²) in [5.41, 5.74) is 4.29. The van der Waals surface area contributed by atoms with Gasteiger partial charge in [0.15, 0.2) is 0 Å². The van der Waals surface area contributed by atoms with Crippen molar-refractivity contribution in [2.24, 2.45) is 0 Å². The van der Waals surface area contributed by atoms with Gasteiger partial charge in [-0.15, -0.1) is 0 Å². The molecular weight excluding hydrogens is 210 g/mol. The molecule has 0 amide bonds. The van der Waals surface area contributed by atoms with Crippen LogP contribution in [0.25, 0.3) is 0 Å². The average Bonchev–Trinajstić information content (AvgIpc) is 2.38. The average molecular weight is 225 g/mol. The van der Waals surface area contributed by atoms with Crippen molar-refractivity contribution >= 4 is 12.0 Å². The molecule has 0 heterocycles. The molecule has 0 spiro atoms. The molecule has 2 rings (SSSR count). The second kappa shape index (κ2) is 5.30. The van der Waals surface area contributed by atoms with Gasteiger partial charge in [-0.2, -0.15) is 0 Å². The number of hydrogen-bond acceptors (Lipinski definition) is 2. The molecule has 0 aliphatic rings. The normalized spacial score (nSPS) is 9.94. The first kappa shape index (κ1) is 11.4. The molecule has 2 heteroatoms. The molecule has 0 aliphatic carbocycles. The summed E-state index contributed by atoms with van der Waals surface area (Å²) in [5.74, 6) is 0. The maximum atomic E-state index is 10.5. The molecule has 0 aromatic heterocycles. The third-order valence-corrected chi connectivity index (χ3v) is 2.79. The number of nitrogens with one attached hydrogen (secondary N) is 1. The van der Waals surface area contributed by atoms with Crippen LogP contribution in [0.1, 0.15) is 21.5 Å². The van der Waals surface area contributed by atoms with E-state index >= 15 is 0 Å². The van der Waals surface area contributed by atoms with Crippen LogP contribution in [0.5, 0.6) is 0 Å². The zero-order valence-corrected chi connectivity index (χ0v) is 9.81. The molecule has 86 valence electrons. The molecule has 2 aromatic carbocycles. The van der Waals surface area contributed by atoms with Gasteiger partial charge in [0.05, 0.1) is 0 Å². The lowest BCUT2D eigenvalue weighted by atomic mass is 10.1. The first-order chi connectivity index (χ1) is 8.29. The molecule has 0 bridgehead atoms. The molecule has 0 saturated heterocycles. The number of rotatable bonds is 4. The summed E-state index contributed by atoms with van der Waals surface area (Å²) >= 11 is 0. The van der Waals surface area contributed by atoms with Crippen LogP contribution < -0.4 is 5.32 Å². The third-order valence-electron chi connectivity index (χ3n) is 2.79. The smallest absolute Gasteiger partial charge is 0.150 e. The van der Waals surface area contributed by atoms with E-state index in [1.807, 2.05) is 36.4 Å². The number of aldehydes is 1. The number of aryl methyl sites for hydroxylation is 1. The lowest BCUT2D eigenvalue weighted by Gasteiger charge is -2.08. The van der Waals surface area contributed by atoms with Crippen molar-refractivity contribution in [3.05, 3.63) is 65.2 Å². The lowest BCUT2D eigenvalue weighted by molar-refractivity contribution is 0.112. The fraction of sp³-hybridized carbons (Fsp3) is 0.133. The first-order valence-corrected chi connectivity index (χ1v) is 5.63. The van der Waals surface area contributed by atoms with Crippen molar-refractivity contribution in [2.75, 3.05) is 5.32 Å². The zero-order valence-electron chi connectivity index (χ0n) is 9.81. The van der Waals surface area contributed by atoms with Gasteiger partial charge < -0.3 is 5.32 Å². The summed E-state index contributed by atoms with van der Waals surface area (Å²) in [6, 6.07) is 15.8. The van der Waals surface area contributed by atoms with Crippen LogP contribution in [0.2, 0.25) is 0 Å². The number of carbonyl (C=O) groups excluding carboxylic acids is 1. The number of carbonyl (C=O) groups is 1. The Morgan fingerprint density at radius 2 is 1.76 bits per heavy atom. The number of hydrogen-bond donors (Lipinski definition) is 1. The zero-order chi connectivity index (χ0) is 12.1. The summed E-state index contributed by atoms with van der Waals surface area (Å²) in [5, 5.41) is 3.34. The molecule has 0 radical (unpaired) electrons. The maximum absolute atomic E-state index is 10.5. The summed E-state index contributed by atoms with van der Waals surface area (Å²) in [4.78, 5) is 10.5. The van der Waals surface area contributed by atoms with Gasteiger partial charge in [0, 0.05) is 17.8 Å². The van der Waals surface area contributed by atoms with Gasteiger partial charge in [-0.25, -0.2) is 0 Å². The van der Waals surface area contributed by atoms with Crippen LogP contribution in [-0.4, -0.2) is 6.29 Å². The summed E-state index contributed by atoms with van der Waals surface area (Å²) in [6.45, 7) is 2.90. The van der Waals surface area contributed by atoms with Gasteiger partial charge in [0.1, 0.15) is 6.29 Å². The highest BCUT2D eigenvalue weighted by molar-refractivity contribution is 5.75. The number of benzene rings is 2. The molecule has 0 aliphatic heterocycles. The van der Waals surface area contributed by atoms with Crippen molar-refractivity contribution in [3.8, 4) is 0 Å².